The van der Waals surface area contributed by atoms with Crippen molar-refractivity contribution in [1.29, 1.82) is 0 Å². The molecule has 0 amide bonds. The lowest BCUT2D eigenvalue weighted by molar-refractivity contribution is 0.587. The summed E-state index contributed by atoms with van der Waals surface area (Å²) in [6, 6.07) is 20.2. The van der Waals surface area contributed by atoms with E-state index in [9.17, 15) is 0 Å². The molecule has 1 atom stereocenters. The molecular formula is C21H25N. The standard InChI is InChI=1S/C21H25N/c1-2-3-4-8-15-21-20-14-10-9-11-18(20)16-17-22(21)19-12-6-5-7-13-19/h4-14,21H,2-3,15-17H2,1H3/t21-/m0/s1. The fourth-order valence-electron chi connectivity index (χ4n) is 3.34. The molecular weight excluding hydrogens is 266 g/mol. The van der Waals surface area contributed by atoms with E-state index >= 15 is 0 Å². The average molecular weight is 291 g/mol. The Kier molecular flexibility index (Phi) is 4.95. The molecule has 22 heavy (non-hydrogen) atoms. The van der Waals surface area contributed by atoms with Crippen LogP contribution < -0.4 is 4.90 Å². The zero-order valence-electron chi connectivity index (χ0n) is 13.4. The molecule has 1 aliphatic heterocycles. The molecule has 0 radical (unpaired) electrons. The van der Waals surface area contributed by atoms with E-state index in [1.165, 1.54) is 29.7 Å². The maximum absolute atomic E-state index is 2.57. The van der Waals surface area contributed by atoms with E-state index in [1.54, 1.807) is 0 Å². The first-order valence-corrected chi connectivity index (χ1v) is 8.44. The summed E-state index contributed by atoms with van der Waals surface area (Å²) in [4.78, 5) is 2.57. The van der Waals surface area contributed by atoms with Gasteiger partial charge < -0.3 is 4.90 Å². The van der Waals surface area contributed by atoms with Crippen molar-refractivity contribution in [2.45, 2.75) is 38.6 Å². The van der Waals surface area contributed by atoms with Gasteiger partial charge in [-0.25, -0.2) is 0 Å². The topological polar surface area (TPSA) is 3.24 Å². The van der Waals surface area contributed by atoms with Crippen LogP contribution in [0, 0.1) is 0 Å². The fraction of sp³-hybridized carbons (Fsp3) is 0.333. The highest BCUT2D eigenvalue weighted by Gasteiger charge is 2.26. The van der Waals surface area contributed by atoms with E-state index in [0.717, 1.165) is 19.4 Å². The summed E-state index contributed by atoms with van der Waals surface area (Å²) in [7, 11) is 0. The van der Waals surface area contributed by atoms with Gasteiger partial charge in [0.15, 0.2) is 0 Å². The Bertz CT molecular complexity index is 615. The van der Waals surface area contributed by atoms with E-state index in [2.05, 4.69) is 78.6 Å². The molecule has 0 spiro atoms. The van der Waals surface area contributed by atoms with Crippen LogP contribution >= 0.6 is 0 Å². The summed E-state index contributed by atoms with van der Waals surface area (Å²) >= 11 is 0. The number of nitrogens with zero attached hydrogens (tertiary/aromatic N) is 1. The molecule has 2 aromatic carbocycles. The second-order valence-corrected chi connectivity index (χ2v) is 5.99. The van der Waals surface area contributed by atoms with Gasteiger partial charge in [0, 0.05) is 12.2 Å². The zero-order chi connectivity index (χ0) is 15.2. The molecule has 0 fully saturated rings. The largest absolute Gasteiger partial charge is 0.364 e. The van der Waals surface area contributed by atoms with Crippen molar-refractivity contribution < 1.29 is 0 Å². The number of unbranched alkanes of at least 4 members (excludes halogenated alkanes) is 1. The Morgan fingerprint density at radius 2 is 1.77 bits per heavy atom. The van der Waals surface area contributed by atoms with Crippen LogP contribution in [0.3, 0.4) is 0 Å². The fourth-order valence-corrected chi connectivity index (χ4v) is 3.34. The predicted octanol–water partition coefficient (Wildman–Crippen LogP) is 5.54. The van der Waals surface area contributed by atoms with Crippen molar-refractivity contribution >= 4 is 5.69 Å². The van der Waals surface area contributed by atoms with Crippen LogP contribution in [0.2, 0.25) is 0 Å². The Morgan fingerprint density at radius 3 is 2.59 bits per heavy atom. The lowest BCUT2D eigenvalue weighted by Gasteiger charge is -2.38. The SMILES string of the molecule is CCCC=CC[C@H]1c2ccccc2CCN1c1ccccc1. The van der Waals surface area contributed by atoms with Crippen LogP contribution in [0.5, 0.6) is 0 Å². The highest BCUT2D eigenvalue weighted by atomic mass is 15.2. The monoisotopic (exact) mass is 291 g/mol. The van der Waals surface area contributed by atoms with E-state index in [4.69, 9.17) is 0 Å². The Labute approximate surface area is 134 Å². The van der Waals surface area contributed by atoms with Gasteiger partial charge in [-0.05, 0) is 42.5 Å². The van der Waals surface area contributed by atoms with E-state index < -0.39 is 0 Å². The third-order valence-corrected chi connectivity index (χ3v) is 4.48. The molecule has 0 saturated heterocycles. The summed E-state index contributed by atoms with van der Waals surface area (Å²) < 4.78 is 0. The van der Waals surface area contributed by atoms with Crippen molar-refractivity contribution in [3.8, 4) is 0 Å². The molecule has 0 saturated carbocycles. The Morgan fingerprint density at radius 1 is 1.00 bits per heavy atom. The van der Waals surface area contributed by atoms with E-state index in [-0.39, 0.29) is 0 Å². The number of benzene rings is 2. The number of fused-ring (bicyclic) bond motifs is 1. The molecule has 1 aliphatic rings. The third-order valence-electron chi connectivity index (χ3n) is 4.48. The minimum Gasteiger partial charge on any atom is -0.364 e. The summed E-state index contributed by atoms with van der Waals surface area (Å²) in [6.45, 7) is 3.34. The van der Waals surface area contributed by atoms with Crippen molar-refractivity contribution in [2.24, 2.45) is 0 Å². The van der Waals surface area contributed by atoms with E-state index in [0.29, 0.717) is 6.04 Å². The van der Waals surface area contributed by atoms with Crippen molar-refractivity contribution in [3.05, 3.63) is 77.9 Å². The van der Waals surface area contributed by atoms with Gasteiger partial charge in [-0.2, -0.15) is 0 Å². The average Bonchev–Trinajstić information content (AvgIpc) is 2.59. The first-order chi connectivity index (χ1) is 10.9. The van der Waals surface area contributed by atoms with E-state index in [1.807, 2.05) is 0 Å². The molecule has 1 nitrogen and oxygen atoms in total. The molecule has 0 aromatic heterocycles. The molecule has 1 heteroatoms. The maximum Gasteiger partial charge on any atom is 0.0579 e. The van der Waals surface area contributed by atoms with Gasteiger partial charge in [0.2, 0.25) is 0 Å². The van der Waals surface area contributed by atoms with Crippen molar-refractivity contribution in [2.75, 3.05) is 11.4 Å². The molecule has 0 bridgehead atoms. The lowest BCUT2D eigenvalue weighted by Crippen LogP contribution is -2.35. The number of rotatable bonds is 5. The second-order valence-electron chi connectivity index (χ2n) is 5.99. The first-order valence-electron chi connectivity index (χ1n) is 8.44. The predicted molar refractivity (Wildman–Crippen MR) is 95.3 cm³/mol. The van der Waals surface area contributed by atoms with Gasteiger partial charge >= 0.3 is 0 Å². The number of para-hydroxylation sites is 1. The molecule has 3 rings (SSSR count). The Balaban J connectivity index is 1.89. The van der Waals surface area contributed by atoms with Crippen LogP contribution in [-0.2, 0) is 6.42 Å². The number of anilines is 1. The number of hydrogen-bond donors (Lipinski definition) is 0. The maximum atomic E-state index is 2.57. The first kappa shape index (κ1) is 14.9. The van der Waals surface area contributed by atoms with Gasteiger partial charge in [-0.1, -0.05) is 68.0 Å². The van der Waals surface area contributed by atoms with Crippen molar-refractivity contribution in [3.63, 3.8) is 0 Å². The third kappa shape index (κ3) is 3.24. The smallest absolute Gasteiger partial charge is 0.0579 e. The van der Waals surface area contributed by atoms with Crippen LogP contribution in [0.25, 0.3) is 0 Å². The highest BCUT2D eigenvalue weighted by molar-refractivity contribution is 5.52. The van der Waals surface area contributed by atoms with Crippen molar-refractivity contribution in [1.82, 2.24) is 0 Å². The van der Waals surface area contributed by atoms with Gasteiger partial charge in [-0.3, -0.25) is 0 Å². The quantitative estimate of drug-likeness (QED) is 0.654. The minimum atomic E-state index is 0.459. The summed E-state index contributed by atoms with van der Waals surface area (Å²) in [5, 5.41) is 0. The van der Waals surface area contributed by atoms with Gasteiger partial charge in [0.05, 0.1) is 6.04 Å². The van der Waals surface area contributed by atoms with Crippen LogP contribution in [0.4, 0.5) is 5.69 Å². The van der Waals surface area contributed by atoms with Gasteiger partial charge in [0.1, 0.15) is 0 Å². The molecule has 2 aromatic rings. The normalized spacial score (nSPS) is 17.7. The van der Waals surface area contributed by atoms with Gasteiger partial charge in [0.25, 0.3) is 0 Å². The molecule has 0 unspecified atom stereocenters. The number of hydrogen-bond acceptors (Lipinski definition) is 1. The van der Waals surface area contributed by atoms with Crippen LogP contribution in [0.15, 0.2) is 66.7 Å². The van der Waals surface area contributed by atoms with Crippen LogP contribution in [0.1, 0.15) is 43.4 Å². The Hall–Kier alpha value is -2.02. The van der Waals surface area contributed by atoms with Crippen LogP contribution in [-0.4, -0.2) is 6.54 Å². The molecule has 0 aliphatic carbocycles. The molecule has 0 N–H and O–H groups in total. The molecule has 114 valence electrons. The summed E-state index contributed by atoms with van der Waals surface area (Å²) in [6.07, 6.45) is 9.33. The van der Waals surface area contributed by atoms with Gasteiger partial charge in [-0.15, -0.1) is 0 Å². The minimum absolute atomic E-state index is 0.459. The second kappa shape index (κ2) is 7.31. The molecule has 1 heterocycles. The zero-order valence-corrected chi connectivity index (χ0v) is 13.4. The summed E-state index contributed by atoms with van der Waals surface area (Å²) in [5.41, 5.74) is 4.35. The summed E-state index contributed by atoms with van der Waals surface area (Å²) in [5.74, 6) is 0. The highest BCUT2D eigenvalue weighted by Crippen LogP contribution is 2.35. The lowest BCUT2D eigenvalue weighted by atomic mass is 9.90. The number of allylic oxidation sites excluding steroid dienone is 1.